The highest BCUT2D eigenvalue weighted by Crippen LogP contribution is 2.21. The highest BCUT2D eigenvalue weighted by atomic mass is 32.1. The summed E-state index contributed by atoms with van der Waals surface area (Å²) in [5.74, 6) is -4.98. The summed E-state index contributed by atoms with van der Waals surface area (Å²) in [6.07, 6.45) is 0.841. The SMILES string of the molecule is Cc1ccc(NC(=O)CCC(=O)N[C@H](Cc2cccs2)C(=O)N[C@@H](Cc2ccc(-c3ccccc3)cc2)C(=O)N[C@H](Cc2ccccc2)C(=O)NCC(=O)N2CCC[C@H](C(=O)O)C2)cc1. The highest BCUT2D eigenvalue weighted by molar-refractivity contribution is 7.09. The summed E-state index contributed by atoms with van der Waals surface area (Å²) in [4.78, 5) is 95.8. The van der Waals surface area contributed by atoms with Gasteiger partial charge in [0.15, 0.2) is 0 Å². The third kappa shape index (κ3) is 14.7. The molecule has 6 N–H and O–H groups in total. The average Bonchev–Trinajstić information content (AvgIpc) is 3.84. The molecule has 0 saturated carbocycles. The first-order valence-corrected chi connectivity index (χ1v) is 22.5. The fourth-order valence-corrected chi connectivity index (χ4v) is 8.26. The van der Waals surface area contributed by atoms with Gasteiger partial charge in [0.25, 0.3) is 0 Å². The summed E-state index contributed by atoms with van der Waals surface area (Å²) >= 11 is 1.40. The zero-order valence-electron chi connectivity index (χ0n) is 36.2. The molecule has 5 aromatic rings. The second-order valence-corrected chi connectivity index (χ2v) is 17.2. The summed E-state index contributed by atoms with van der Waals surface area (Å²) in [6, 6.07) is 33.7. The Balaban J connectivity index is 1.20. The molecule has 14 nitrogen and oxygen atoms in total. The Morgan fingerprint density at radius 1 is 0.646 bits per heavy atom. The van der Waals surface area contributed by atoms with Crippen LogP contribution in [0.25, 0.3) is 11.1 Å². The van der Waals surface area contributed by atoms with Gasteiger partial charge in [-0.15, -0.1) is 11.3 Å². The molecule has 1 aliphatic heterocycles. The van der Waals surface area contributed by atoms with Crippen molar-refractivity contribution in [3.8, 4) is 11.1 Å². The molecule has 0 unspecified atom stereocenters. The van der Waals surface area contributed by atoms with E-state index in [0.29, 0.717) is 30.6 Å². The van der Waals surface area contributed by atoms with Gasteiger partial charge in [-0.2, -0.15) is 0 Å². The number of hydrogen-bond donors (Lipinski definition) is 6. The molecule has 4 aromatic carbocycles. The van der Waals surface area contributed by atoms with Crippen molar-refractivity contribution in [3.05, 3.63) is 148 Å². The van der Waals surface area contributed by atoms with E-state index < -0.39 is 66.1 Å². The zero-order valence-corrected chi connectivity index (χ0v) is 37.0. The molecule has 6 rings (SSSR count). The van der Waals surface area contributed by atoms with Crippen LogP contribution < -0.4 is 26.6 Å². The number of piperidine rings is 1. The van der Waals surface area contributed by atoms with E-state index in [0.717, 1.165) is 27.1 Å². The number of carbonyl (C=O) groups excluding carboxylic acids is 6. The third-order valence-corrected chi connectivity index (χ3v) is 12.0. The molecule has 1 fully saturated rings. The van der Waals surface area contributed by atoms with Crippen molar-refractivity contribution in [2.45, 2.75) is 70.0 Å². The van der Waals surface area contributed by atoms with Gasteiger partial charge < -0.3 is 36.6 Å². The maximum absolute atomic E-state index is 14.5. The quantitative estimate of drug-likeness (QED) is 0.0622. The van der Waals surface area contributed by atoms with E-state index >= 15 is 0 Å². The Bertz CT molecular complexity index is 2400. The summed E-state index contributed by atoms with van der Waals surface area (Å²) in [6.45, 7) is 1.94. The number of anilines is 1. The molecule has 15 heteroatoms. The monoisotopic (exact) mass is 898 g/mol. The largest absolute Gasteiger partial charge is 0.481 e. The van der Waals surface area contributed by atoms with Crippen molar-refractivity contribution in [2.75, 3.05) is 25.0 Å². The van der Waals surface area contributed by atoms with Crippen LogP contribution >= 0.6 is 11.3 Å². The number of carbonyl (C=O) groups is 7. The molecule has 0 bridgehead atoms. The van der Waals surface area contributed by atoms with Crippen LogP contribution in [0.2, 0.25) is 0 Å². The Hall–Kier alpha value is -7.13. The number of amides is 6. The Kier molecular flexibility index (Phi) is 17.1. The lowest BCUT2D eigenvalue weighted by Gasteiger charge is -2.31. The second kappa shape index (κ2) is 23.5. The van der Waals surface area contributed by atoms with Gasteiger partial charge in [-0.1, -0.05) is 109 Å². The van der Waals surface area contributed by atoms with Crippen LogP contribution in [0.4, 0.5) is 5.69 Å². The fourth-order valence-electron chi connectivity index (χ4n) is 7.51. The normalized spacial score (nSPS) is 14.8. The van der Waals surface area contributed by atoms with Gasteiger partial charge in [0, 0.05) is 55.8 Å². The number of likely N-dealkylation sites (tertiary alicyclic amines) is 1. The van der Waals surface area contributed by atoms with E-state index in [1.54, 1.807) is 36.4 Å². The van der Waals surface area contributed by atoms with Crippen molar-refractivity contribution >= 4 is 58.4 Å². The molecule has 6 amide bonds. The number of aryl methyl sites for hydroxylation is 1. The smallest absolute Gasteiger partial charge is 0.308 e. The van der Waals surface area contributed by atoms with Crippen molar-refractivity contribution in [1.82, 2.24) is 26.2 Å². The van der Waals surface area contributed by atoms with E-state index in [2.05, 4.69) is 26.6 Å². The molecule has 1 saturated heterocycles. The van der Waals surface area contributed by atoms with Crippen molar-refractivity contribution in [3.63, 3.8) is 0 Å². The van der Waals surface area contributed by atoms with Gasteiger partial charge in [0.2, 0.25) is 35.4 Å². The first kappa shape index (κ1) is 47.4. The van der Waals surface area contributed by atoms with Crippen molar-refractivity contribution in [1.29, 1.82) is 0 Å². The Morgan fingerprint density at radius 2 is 1.23 bits per heavy atom. The second-order valence-electron chi connectivity index (χ2n) is 16.1. The number of hydrogen-bond acceptors (Lipinski definition) is 8. The van der Waals surface area contributed by atoms with Crippen LogP contribution in [0, 0.1) is 12.8 Å². The van der Waals surface area contributed by atoms with Gasteiger partial charge >= 0.3 is 5.97 Å². The van der Waals surface area contributed by atoms with Crippen LogP contribution in [-0.4, -0.2) is 89.2 Å². The third-order valence-electron chi connectivity index (χ3n) is 11.1. The minimum atomic E-state index is -1.23. The number of aliphatic carboxylic acids is 1. The lowest BCUT2D eigenvalue weighted by Crippen LogP contribution is -2.58. The highest BCUT2D eigenvalue weighted by Gasteiger charge is 2.32. The van der Waals surface area contributed by atoms with Crippen LogP contribution in [-0.2, 0) is 52.8 Å². The number of carboxylic acids is 1. The average molecular weight is 899 g/mol. The van der Waals surface area contributed by atoms with Crippen LogP contribution in [0.3, 0.4) is 0 Å². The van der Waals surface area contributed by atoms with Crippen LogP contribution in [0.1, 0.15) is 47.3 Å². The standard InChI is InChI=1S/C50H54N6O8S/c1-33-16-22-39(23-17-33)52-44(57)24-25-45(58)53-43(30-40-15-9-27-65-40)49(62)55-42(29-35-18-20-37(21-19-35)36-12-6-3-7-13-36)48(61)54-41(28-34-10-4-2-5-11-34)47(60)51-31-46(59)56-26-8-14-38(32-56)50(63)64/h2-7,9-13,15-23,27,38,41-43H,8,14,24-26,28-32H2,1H3,(H,51,60)(H,52,57)(H,53,58)(H,54,61)(H,55,62)(H,63,64)/t38-,41+,42-,43+/m0/s1. The van der Waals surface area contributed by atoms with Gasteiger partial charge in [-0.25, -0.2) is 0 Å². The maximum atomic E-state index is 14.5. The van der Waals surface area contributed by atoms with E-state index in [-0.39, 0.29) is 44.6 Å². The topological polar surface area (TPSA) is 203 Å². The molecule has 1 aromatic heterocycles. The molecular weight excluding hydrogens is 845 g/mol. The maximum Gasteiger partial charge on any atom is 0.308 e. The van der Waals surface area contributed by atoms with Gasteiger partial charge in [-0.3, -0.25) is 33.6 Å². The number of benzene rings is 4. The number of carboxylic acid groups (broad SMARTS) is 1. The van der Waals surface area contributed by atoms with Crippen LogP contribution in [0.15, 0.2) is 127 Å². The molecule has 338 valence electrons. The van der Waals surface area contributed by atoms with Crippen molar-refractivity contribution in [2.24, 2.45) is 5.92 Å². The summed E-state index contributed by atoms with van der Waals surface area (Å²) in [7, 11) is 0. The van der Waals surface area contributed by atoms with E-state index in [1.807, 2.05) is 97.2 Å². The Labute approximate surface area is 382 Å². The summed E-state index contributed by atoms with van der Waals surface area (Å²) < 4.78 is 0. The first-order chi connectivity index (χ1) is 31.4. The predicted molar refractivity (Wildman–Crippen MR) is 249 cm³/mol. The fraction of sp³-hybridized carbons (Fsp3) is 0.300. The minimum Gasteiger partial charge on any atom is -0.481 e. The molecule has 0 aliphatic carbocycles. The number of thiophene rings is 1. The lowest BCUT2D eigenvalue weighted by molar-refractivity contribution is -0.146. The first-order valence-electron chi connectivity index (χ1n) is 21.7. The van der Waals surface area contributed by atoms with E-state index in [4.69, 9.17) is 0 Å². The molecule has 65 heavy (non-hydrogen) atoms. The zero-order chi connectivity index (χ0) is 46.1. The van der Waals surface area contributed by atoms with Gasteiger partial charge in [0.1, 0.15) is 18.1 Å². The van der Waals surface area contributed by atoms with Gasteiger partial charge in [-0.05, 0) is 65.6 Å². The number of nitrogens with zero attached hydrogens (tertiary/aromatic N) is 1. The van der Waals surface area contributed by atoms with E-state index in [1.165, 1.54) is 16.2 Å². The van der Waals surface area contributed by atoms with Crippen LogP contribution in [0.5, 0.6) is 0 Å². The molecular formula is C50H54N6O8S. The molecule has 0 radical (unpaired) electrons. The van der Waals surface area contributed by atoms with E-state index in [9.17, 15) is 38.7 Å². The molecule has 0 spiro atoms. The summed E-state index contributed by atoms with van der Waals surface area (Å²) in [5, 5.41) is 25.3. The lowest BCUT2D eigenvalue weighted by atomic mass is 9.98. The minimum absolute atomic E-state index is 0.0172. The molecule has 1 aliphatic rings. The Morgan fingerprint density at radius 3 is 1.86 bits per heavy atom. The number of nitrogens with one attached hydrogen (secondary N) is 5. The number of rotatable bonds is 20. The molecule has 2 heterocycles. The van der Waals surface area contributed by atoms with Gasteiger partial charge in [0.05, 0.1) is 12.5 Å². The predicted octanol–water partition coefficient (Wildman–Crippen LogP) is 5.06. The van der Waals surface area contributed by atoms with Crippen molar-refractivity contribution < 1.29 is 38.7 Å². The molecule has 4 atom stereocenters. The summed E-state index contributed by atoms with van der Waals surface area (Å²) in [5.41, 5.74) is 5.01.